The lowest BCUT2D eigenvalue weighted by molar-refractivity contribution is 0.0698. The highest BCUT2D eigenvalue weighted by atomic mass is 32.2. The van der Waals surface area contributed by atoms with Gasteiger partial charge in [-0.25, -0.2) is 8.42 Å². The maximum Gasteiger partial charge on any atom is 0.253 e. The van der Waals surface area contributed by atoms with E-state index in [1.165, 1.54) is 9.87 Å². The molecule has 1 heterocycles. The first-order valence-electron chi connectivity index (χ1n) is 9.81. The largest absolute Gasteiger partial charge is 0.496 e. The predicted molar refractivity (Wildman–Crippen MR) is 113 cm³/mol. The summed E-state index contributed by atoms with van der Waals surface area (Å²) in [6.45, 7) is 7.07. The van der Waals surface area contributed by atoms with Crippen molar-refractivity contribution in [2.75, 3.05) is 33.3 Å². The normalized spacial score (nSPS) is 15.4. The monoisotopic (exact) mass is 416 g/mol. The number of hydrogen-bond donors (Lipinski definition) is 0. The third-order valence-corrected chi connectivity index (χ3v) is 7.29. The van der Waals surface area contributed by atoms with Crippen LogP contribution in [0.4, 0.5) is 0 Å². The second-order valence-electron chi connectivity index (χ2n) is 7.34. The van der Waals surface area contributed by atoms with Crippen LogP contribution in [0.3, 0.4) is 0 Å². The molecule has 1 fully saturated rings. The average molecular weight is 417 g/mol. The van der Waals surface area contributed by atoms with E-state index in [9.17, 15) is 13.2 Å². The van der Waals surface area contributed by atoms with E-state index in [2.05, 4.69) is 6.92 Å². The summed E-state index contributed by atoms with van der Waals surface area (Å²) in [5.41, 5.74) is 3.40. The summed E-state index contributed by atoms with van der Waals surface area (Å²) in [6, 6.07) is 10.9. The van der Waals surface area contributed by atoms with Gasteiger partial charge in [-0.1, -0.05) is 19.1 Å². The first-order valence-corrected chi connectivity index (χ1v) is 11.3. The van der Waals surface area contributed by atoms with Gasteiger partial charge in [0.2, 0.25) is 10.0 Å². The number of hydrogen-bond acceptors (Lipinski definition) is 4. The third-order valence-electron chi connectivity index (χ3n) is 5.41. The number of methoxy groups -OCH3 is 1. The van der Waals surface area contributed by atoms with Gasteiger partial charge >= 0.3 is 0 Å². The fourth-order valence-corrected chi connectivity index (χ4v) is 5.32. The molecule has 0 radical (unpaired) electrons. The maximum absolute atomic E-state index is 13.1. The molecule has 156 valence electrons. The fourth-order valence-electron chi connectivity index (χ4n) is 3.73. The van der Waals surface area contributed by atoms with Gasteiger partial charge in [0.25, 0.3) is 5.91 Å². The van der Waals surface area contributed by atoms with E-state index in [-0.39, 0.29) is 23.9 Å². The van der Waals surface area contributed by atoms with Gasteiger partial charge in [-0.2, -0.15) is 4.31 Å². The molecule has 0 saturated carbocycles. The Hall–Kier alpha value is -2.38. The molecule has 1 amide bonds. The average Bonchev–Trinajstić information content (AvgIpc) is 2.73. The van der Waals surface area contributed by atoms with Crippen LogP contribution in [0.25, 0.3) is 0 Å². The second kappa shape index (κ2) is 8.55. The minimum absolute atomic E-state index is 0.0548. The summed E-state index contributed by atoms with van der Waals surface area (Å²) in [6.07, 6.45) is 0.926. The summed E-state index contributed by atoms with van der Waals surface area (Å²) >= 11 is 0. The number of ether oxygens (including phenoxy) is 1. The number of carbonyl (C=O) groups excluding carboxylic acids is 1. The van der Waals surface area contributed by atoms with Gasteiger partial charge in [-0.05, 0) is 61.2 Å². The molecule has 1 aliphatic rings. The van der Waals surface area contributed by atoms with Crippen LogP contribution in [-0.4, -0.2) is 56.8 Å². The van der Waals surface area contributed by atoms with Crippen LogP contribution in [-0.2, 0) is 16.4 Å². The quantitative estimate of drug-likeness (QED) is 0.751. The Balaban J connectivity index is 1.71. The summed E-state index contributed by atoms with van der Waals surface area (Å²) in [5, 5.41) is 0. The van der Waals surface area contributed by atoms with Crippen molar-refractivity contribution < 1.29 is 17.9 Å². The second-order valence-corrected chi connectivity index (χ2v) is 9.28. The zero-order valence-corrected chi connectivity index (χ0v) is 18.3. The van der Waals surface area contributed by atoms with Crippen molar-refractivity contribution >= 4 is 15.9 Å². The highest BCUT2D eigenvalue weighted by molar-refractivity contribution is 7.89. The van der Waals surface area contributed by atoms with Crippen LogP contribution in [0.15, 0.2) is 41.3 Å². The van der Waals surface area contributed by atoms with Crippen LogP contribution in [0, 0.1) is 13.8 Å². The van der Waals surface area contributed by atoms with E-state index in [0.717, 1.165) is 17.5 Å². The van der Waals surface area contributed by atoms with Gasteiger partial charge in [0, 0.05) is 31.7 Å². The lowest BCUT2D eigenvalue weighted by atomic mass is 10.1. The van der Waals surface area contributed by atoms with Gasteiger partial charge in [-0.15, -0.1) is 0 Å². The number of piperazine rings is 1. The molecule has 3 rings (SSSR count). The Bertz CT molecular complexity index is 969. The standard InChI is InChI=1S/C22H28N2O4S/c1-5-18-6-8-19(9-7-18)22(25)23-10-12-24(13-11-23)29(26,27)20-14-16(2)21(28-4)17(3)15-20/h6-9,14-15H,5,10-13H2,1-4H3. The van der Waals surface area contributed by atoms with Crippen molar-refractivity contribution in [2.24, 2.45) is 0 Å². The minimum Gasteiger partial charge on any atom is -0.496 e. The fraction of sp³-hybridized carbons (Fsp3) is 0.409. The molecule has 7 heteroatoms. The Morgan fingerprint density at radius 2 is 1.55 bits per heavy atom. The van der Waals surface area contributed by atoms with E-state index in [1.807, 2.05) is 38.1 Å². The zero-order chi connectivity index (χ0) is 21.2. The SMILES string of the molecule is CCc1ccc(C(=O)N2CCN(S(=O)(=O)c3cc(C)c(OC)c(C)c3)CC2)cc1. The van der Waals surface area contributed by atoms with Gasteiger partial charge in [0.05, 0.1) is 12.0 Å². The Morgan fingerprint density at radius 1 is 1.00 bits per heavy atom. The van der Waals surface area contributed by atoms with E-state index in [1.54, 1.807) is 24.1 Å². The van der Waals surface area contributed by atoms with Crippen molar-refractivity contribution in [3.05, 3.63) is 58.7 Å². The lowest BCUT2D eigenvalue weighted by Crippen LogP contribution is -2.50. The first kappa shape index (κ1) is 21.3. The third kappa shape index (κ3) is 4.31. The molecule has 2 aromatic rings. The van der Waals surface area contributed by atoms with Crippen LogP contribution >= 0.6 is 0 Å². The summed E-state index contributed by atoms with van der Waals surface area (Å²) in [4.78, 5) is 14.7. The number of rotatable bonds is 5. The topological polar surface area (TPSA) is 66.9 Å². The van der Waals surface area contributed by atoms with Gasteiger partial charge in [0.15, 0.2) is 0 Å². The van der Waals surface area contributed by atoms with Gasteiger partial charge in [-0.3, -0.25) is 4.79 Å². The van der Waals surface area contributed by atoms with Crippen LogP contribution in [0.1, 0.15) is 34.0 Å². The number of benzene rings is 2. The predicted octanol–water partition coefficient (Wildman–Crippen LogP) is 3.02. The molecule has 0 bridgehead atoms. The number of aryl methyl sites for hydroxylation is 3. The molecular formula is C22H28N2O4S. The van der Waals surface area contributed by atoms with Crippen LogP contribution in [0.2, 0.25) is 0 Å². The van der Waals surface area contributed by atoms with Crippen LogP contribution < -0.4 is 4.74 Å². The molecule has 0 unspecified atom stereocenters. The first-order chi connectivity index (χ1) is 13.8. The zero-order valence-electron chi connectivity index (χ0n) is 17.4. The highest BCUT2D eigenvalue weighted by Gasteiger charge is 2.31. The lowest BCUT2D eigenvalue weighted by Gasteiger charge is -2.34. The minimum atomic E-state index is -3.61. The van der Waals surface area contributed by atoms with Gasteiger partial charge in [0.1, 0.15) is 5.75 Å². The number of nitrogens with zero attached hydrogens (tertiary/aromatic N) is 2. The van der Waals surface area contributed by atoms with E-state index in [0.29, 0.717) is 24.4 Å². The highest BCUT2D eigenvalue weighted by Crippen LogP contribution is 2.28. The van der Waals surface area contributed by atoms with E-state index >= 15 is 0 Å². The Morgan fingerprint density at radius 3 is 2.03 bits per heavy atom. The molecule has 0 aromatic heterocycles. The van der Waals surface area contributed by atoms with E-state index < -0.39 is 10.0 Å². The molecule has 2 aromatic carbocycles. The summed E-state index contributed by atoms with van der Waals surface area (Å²) in [7, 11) is -2.04. The van der Waals surface area contributed by atoms with Crippen molar-refractivity contribution in [3.8, 4) is 5.75 Å². The number of carbonyl (C=O) groups is 1. The summed E-state index contributed by atoms with van der Waals surface area (Å²) in [5.74, 6) is 0.647. The van der Waals surface area contributed by atoms with Crippen molar-refractivity contribution in [2.45, 2.75) is 32.1 Å². The molecule has 1 aliphatic heterocycles. The molecule has 1 saturated heterocycles. The molecular weight excluding hydrogens is 388 g/mol. The van der Waals surface area contributed by atoms with Crippen molar-refractivity contribution in [3.63, 3.8) is 0 Å². The Kier molecular flexibility index (Phi) is 6.29. The van der Waals surface area contributed by atoms with Crippen LogP contribution in [0.5, 0.6) is 5.75 Å². The smallest absolute Gasteiger partial charge is 0.253 e. The molecule has 0 aliphatic carbocycles. The molecule has 0 spiro atoms. The maximum atomic E-state index is 13.1. The number of amides is 1. The Labute approximate surface area is 173 Å². The van der Waals surface area contributed by atoms with Gasteiger partial charge < -0.3 is 9.64 Å². The van der Waals surface area contributed by atoms with Crippen molar-refractivity contribution in [1.82, 2.24) is 9.21 Å². The van der Waals surface area contributed by atoms with Crippen molar-refractivity contribution in [1.29, 1.82) is 0 Å². The molecule has 29 heavy (non-hydrogen) atoms. The number of sulfonamides is 1. The van der Waals surface area contributed by atoms with E-state index in [4.69, 9.17) is 4.74 Å². The molecule has 6 nitrogen and oxygen atoms in total. The molecule has 0 N–H and O–H groups in total. The molecule has 0 atom stereocenters. The summed E-state index contributed by atoms with van der Waals surface area (Å²) < 4.78 is 33.0.